The second-order valence-corrected chi connectivity index (χ2v) is 4.02. The first-order chi connectivity index (χ1) is 5.98. The molecule has 1 unspecified atom stereocenters. The van der Waals surface area contributed by atoms with Gasteiger partial charge in [0.25, 0.3) is 0 Å². The van der Waals surface area contributed by atoms with Crippen LogP contribution >= 0.6 is 0 Å². The second kappa shape index (κ2) is 3.36. The van der Waals surface area contributed by atoms with E-state index in [2.05, 4.69) is 13.2 Å². The van der Waals surface area contributed by atoms with Gasteiger partial charge in [-0.2, -0.15) is 0 Å². The maximum Gasteiger partial charge on any atom is 0.315 e. The summed E-state index contributed by atoms with van der Waals surface area (Å²) in [5.41, 5.74) is 0.695. The zero-order valence-corrected chi connectivity index (χ0v) is 8.30. The third kappa shape index (κ3) is 1.82. The average molecular weight is 180 g/mol. The summed E-state index contributed by atoms with van der Waals surface area (Å²) in [4.78, 5) is 11.0. The average Bonchev–Trinajstić information content (AvgIpc) is 2.11. The molecule has 72 valence electrons. The molecular formula is C11H16O2. The lowest BCUT2D eigenvalue weighted by atomic mass is 9.79. The smallest absolute Gasteiger partial charge is 0.315 e. The summed E-state index contributed by atoms with van der Waals surface area (Å²) >= 11 is 0. The highest BCUT2D eigenvalue weighted by Gasteiger charge is 2.49. The fraction of sp³-hybridized carbons (Fsp3) is 0.545. The van der Waals surface area contributed by atoms with Gasteiger partial charge in [-0.05, 0) is 26.7 Å². The van der Waals surface area contributed by atoms with Crippen molar-refractivity contribution >= 4 is 5.97 Å². The minimum absolute atomic E-state index is 0.0525. The zero-order valence-electron chi connectivity index (χ0n) is 8.30. The Kier molecular flexibility index (Phi) is 2.60. The van der Waals surface area contributed by atoms with Crippen molar-refractivity contribution in [1.82, 2.24) is 0 Å². The van der Waals surface area contributed by atoms with E-state index in [4.69, 9.17) is 4.74 Å². The van der Waals surface area contributed by atoms with E-state index in [0.717, 1.165) is 18.4 Å². The molecule has 1 rings (SSSR count). The predicted octanol–water partition coefficient (Wildman–Crippen LogP) is 2.46. The number of allylic oxidation sites excluding steroid dienone is 2. The highest BCUT2D eigenvalue weighted by molar-refractivity contribution is 5.82. The summed E-state index contributed by atoms with van der Waals surface area (Å²) < 4.78 is 5.03. The number of esters is 1. The zero-order chi connectivity index (χ0) is 10.1. The van der Waals surface area contributed by atoms with E-state index in [9.17, 15) is 4.79 Å². The van der Waals surface area contributed by atoms with E-state index in [-0.39, 0.29) is 17.5 Å². The van der Waals surface area contributed by atoms with Crippen LogP contribution in [0.5, 0.6) is 0 Å². The van der Waals surface area contributed by atoms with Crippen molar-refractivity contribution in [2.24, 2.45) is 5.41 Å². The summed E-state index contributed by atoms with van der Waals surface area (Å²) in [6.07, 6.45) is 3.50. The van der Waals surface area contributed by atoms with Crippen molar-refractivity contribution < 1.29 is 9.53 Å². The summed E-state index contributed by atoms with van der Waals surface area (Å²) in [6.45, 7) is 11.3. The van der Waals surface area contributed by atoms with Crippen LogP contribution in [0.2, 0.25) is 0 Å². The summed E-state index contributed by atoms with van der Waals surface area (Å²) in [7, 11) is 0. The molecule has 0 saturated carbocycles. The molecule has 1 fully saturated rings. The van der Waals surface area contributed by atoms with Gasteiger partial charge in [0.05, 0.1) is 5.41 Å². The van der Waals surface area contributed by atoms with Gasteiger partial charge in [0.15, 0.2) is 0 Å². The summed E-state index contributed by atoms with van der Waals surface area (Å²) in [5.74, 6) is -0.0956. The number of rotatable bonds is 4. The first kappa shape index (κ1) is 10.0. The third-order valence-corrected chi connectivity index (χ3v) is 2.60. The van der Waals surface area contributed by atoms with E-state index >= 15 is 0 Å². The molecular weight excluding hydrogens is 164 g/mol. The minimum Gasteiger partial charge on any atom is -0.461 e. The van der Waals surface area contributed by atoms with Gasteiger partial charge in [-0.1, -0.05) is 24.8 Å². The van der Waals surface area contributed by atoms with Crippen LogP contribution in [0.4, 0.5) is 0 Å². The fourth-order valence-corrected chi connectivity index (χ4v) is 1.34. The monoisotopic (exact) mass is 180 g/mol. The predicted molar refractivity (Wildman–Crippen MR) is 52.2 cm³/mol. The van der Waals surface area contributed by atoms with Crippen LogP contribution in [0.3, 0.4) is 0 Å². The Morgan fingerprint density at radius 1 is 1.69 bits per heavy atom. The molecule has 2 heteroatoms. The maximum absolute atomic E-state index is 11.0. The largest absolute Gasteiger partial charge is 0.461 e. The van der Waals surface area contributed by atoms with Crippen molar-refractivity contribution in [2.75, 3.05) is 0 Å². The Labute approximate surface area is 79.3 Å². The molecule has 1 heterocycles. The van der Waals surface area contributed by atoms with Crippen LogP contribution in [0.15, 0.2) is 24.8 Å². The first-order valence-electron chi connectivity index (χ1n) is 4.49. The Hall–Kier alpha value is -1.05. The lowest BCUT2D eigenvalue weighted by Gasteiger charge is -2.42. The van der Waals surface area contributed by atoms with Crippen LogP contribution < -0.4 is 0 Å². The number of cyclic esters (lactones) is 1. The fourth-order valence-electron chi connectivity index (χ4n) is 1.34. The molecule has 0 radical (unpaired) electrons. The van der Waals surface area contributed by atoms with Crippen molar-refractivity contribution in [3.05, 3.63) is 24.8 Å². The molecule has 0 aliphatic carbocycles. The van der Waals surface area contributed by atoms with Crippen molar-refractivity contribution in [3.8, 4) is 0 Å². The minimum atomic E-state index is -0.304. The second-order valence-electron chi connectivity index (χ2n) is 4.02. The third-order valence-electron chi connectivity index (χ3n) is 2.60. The highest BCUT2D eigenvalue weighted by atomic mass is 16.6. The molecule has 1 saturated heterocycles. The molecule has 1 atom stereocenters. The van der Waals surface area contributed by atoms with Gasteiger partial charge >= 0.3 is 5.97 Å². The van der Waals surface area contributed by atoms with E-state index < -0.39 is 0 Å². The number of hydrogen-bond acceptors (Lipinski definition) is 2. The molecule has 13 heavy (non-hydrogen) atoms. The molecule has 1 aliphatic rings. The molecule has 0 aromatic rings. The molecule has 2 nitrogen and oxygen atoms in total. The van der Waals surface area contributed by atoms with Gasteiger partial charge in [-0.3, -0.25) is 4.79 Å². The molecule has 0 N–H and O–H groups in total. The Morgan fingerprint density at radius 2 is 2.31 bits per heavy atom. The van der Waals surface area contributed by atoms with E-state index in [1.807, 2.05) is 13.8 Å². The standard InChI is InChI=1S/C11H16O2/c1-5-8(2)6-7-9-11(3,4)10(12)13-9/h5,9H,1-2,6-7H2,3-4H3. The topological polar surface area (TPSA) is 26.3 Å². The number of ether oxygens (including phenoxy) is 1. The molecule has 0 spiro atoms. The number of carbonyl (C=O) groups excluding carboxylic acids is 1. The Bertz CT molecular complexity index is 251. The lowest BCUT2D eigenvalue weighted by Crippen LogP contribution is -2.52. The van der Waals surface area contributed by atoms with E-state index in [1.54, 1.807) is 6.08 Å². The van der Waals surface area contributed by atoms with Crippen molar-refractivity contribution in [2.45, 2.75) is 32.8 Å². The molecule has 0 bridgehead atoms. The van der Waals surface area contributed by atoms with Gasteiger partial charge in [-0.25, -0.2) is 0 Å². The molecule has 1 aliphatic heterocycles. The van der Waals surface area contributed by atoms with Gasteiger partial charge in [0.2, 0.25) is 0 Å². The Balaban J connectivity index is 2.37. The van der Waals surface area contributed by atoms with Gasteiger partial charge < -0.3 is 4.74 Å². The van der Waals surface area contributed by atoms with Crippen LogP contribution in [0.1, 0.15) is 26.7 Å². The van der Waals surface area contributed by atoms with E-state index in [1.165, 1.54) is 0 Å². The van der Waals surface area contributed by atoms with Crippen LogP contribution in [0.25, 0.3) is 0 Å². The lowest BCUT2D eigenvalue weighted by molar-refractivity contribution is -0.201. The quantitative estimate of drug-likeness (QED) is 0.490. The SMILES string of the molecule is C=CC(=C)CCC1OC(=O)C1(C)C. The van der Waals surface area contributed by atoms with Gasteiger partial charge in [0.1, 0.15) is 6.10 Å². The normalized spacial score (nSPS) is 24.5. The Morgan fingerprint density at radius 3 is 2.69 bits per heavy atom. The van der Waals surface area contributed by atoms with Crippen LogP contribution in [0, 0.1) is 5.41 Å². The number of carbonyl (C=O) groups is 1. The highest BCUT2D eigenvalue weighted by Crippen LogP contribution is 2.38. The molecule has 0 aromatic heterocycles. The van der Waals surface area contributed by atoms with E-state index in [0.29, 0.717) is 0 Å². The molecule has 0 amide bonds. The van der Waals surface area contributed by atoms with Crippen LogP contribution in [-0.4, -0.2) is 12.1 Å². The summed E-state index contributed by atoms with van der Waals surface area (Å²) in [5, 5.41) is 0. The van der Waals surface area contributed by atoms with Crippen molar-refractivity contribution in [1.29, 1.82) is 0 Å². The van der Waals surface area contributed by atoms with Gasteiger partial charge in [-0.15, -0.1) is 0 Å². The molecule has 0 aromatic carbocycles. The van der Waals surface area contributed by atoms with Gasteiger partial charge in [0, 0.05) is 0 Å². The summed E-state index contributed by atoms with van der Waals surface area (Å²) in [6, 6.07) is 0. The maximum atomic E-state index is 11.0. The first-order valence-corrected chi connectivity index (χ1v) is 4.49. The number of hydrogen-bond donors (Lipinski definition) is 0. The van der Waals surface area contributed by atoms with Crippen LogP contribution in [-0.2, 0) is 9.53 Å². The van der Waals surface area contributed by atoms with Crippen molar-refractivity contribution in [3.63, 3.8) is 0 Å².